The zero-order valence-electron chi connectivity index (χ0n) is 13.2. The first-order valence-electron chi connectivity index (χ1n) is 7.61. The Kier molecular flexibility index (Phi) is 4.28. The van der Waals surface area contributed by atoms with Gasteiger partial charge in [-0.05, 0) is 42.8 Å². The van der Waals surface area contributed by atoms with Crippen LogP contribution in [0.3, 0.4) is 0 Å². The van der Waals surface area contributed by atoms with Crippen LogP contribution in [-0.2, 0) is 0 Å². The molecule has 0 aliphatic rings. The summed E-state index contributed by atoms with van der Waals surface area (Å²) < 4.78 is 5.11. The molecule has 0 spiro atoms. The van der Waals surface area contributed by atoms with Gasteiger partial charge in [-0.15, -0.1) is 0 Å². The molecule has 0 fully saturated rings. The predicted octanol–water partition coefficient (Wildman–Crippen LogP) is 3.45. The first kappa shape index (κ1) is 15.1. The van der Waals surface area contributed by atoms with Gasteiger partial charge in [-0.2, -0.15) is 0 Å². The molecule has 118 valence electrons. The summed E-state index contributed by atoms with van der Waals surface area (Å²) >= 11 is 0. The highest BCUT2D eigenvalue weighted by Gasteiger charge is 2.17. The number of rotatable bonds is 5. The third-order valence-corrected chi connectivity index (χ3v) is 3.80. The molecule has 0 radical (unpaired) electrons. The average Bonchev–Trinajstić information content (AvgIpc) is 3.03. The fourth-order valence-electron chi connectivity index (χ4n) is 2.49. The Bertz CT molecular complexity index is 776. The van der Waals surface area contributed by atoms with Crippen LogP contribution < -0.4 is 10.1 Å². The van der Waals surface area contributed by atoms with Crippen LogP contribution in [0.2, 0.25) is 0 Å². The summed E-state index contributed by atoms with van der Waals surface area (Å²) in [6.45, 7) is 2.02. The molecule has 23 heavy (non-hydrogen) atoms. The molecule has 3 aromatic rings. The maximum atomic E-state index is 12.4. The van der Waals surface area contributed by atoms with Gasteiger partial charge in [-0.25, -0.2) is 4.98 Å². The molecule has 2 N–H and O–H groups in total. The van der Waals surface area contributed by atoms with Gasteiger partial charge >= 0.3 is 0 Å². The fourth-order valence-corrected chi connectivity index (χ4v) is 2.49. The quantitative estimate of drug-likeness (QED) is 0.758. The van der Waals surface area contributed by atoms with Crippen LogP contribution >= 0.6 is 0 Å². The zero-order valence-corrected chi connectivity index (χ0v) is 13.2. The van der Waals surface area contributed by atoms with Crippen molar-refractivity contribution < 1.29 is 9.53 Å². The Hall–Kier alpha value is -2.82. The third-order valence-electron chi connectivity index (χ3n) is 3.80. The van der Waals surface area contributed by atoms with E-state index in [1.807, 2.05) is 31.2 Å². The molecular formula is C18H19N3O2. The molecule has 1 amide bonds. The number of hydrogen-bond acceptors (Lipinski definition) is 3. The molecular weight excluding hydrogens is 290 g/mol. The number of amides is 1. The van der Waals surface area contributed by atoms with Crippen molar-refractivity contribution in [2.45, 2.75) is 19.4 Å². The average molecular weight is 309 g/mol. The smallest absolute Gasteiger partial charge is 0.251 e. The van der Waals surface area contributed by atoms with Crippen molar-refractivity contribution in [3.05, 3.63) is 59.9 Å². The van der Waals surface area contributed by atoms with Crippen LogP contribution in [0.5, 0.6) is 5.75 Å². The van der Waals surface area contributed by atoms with Crippen LogP contribution in [0.4, 0.5) is 0 Å². The molecule has 0 saturated heterocycles. The third kappa shape index (κ3) is 3.18. The van der Waals surface area contributed by atoms with Gasteiger partial charge in [-0.3, -0.25) is 4.79 Å². The lowest BCUT2D eigenvalue weighted by Gasteiger charge is -2.14. The number of nitrogens with zero attached hydrogens (tertiary/aromatic N) is 1. The van der Waals surface area contributed by atoms with Crippen molar-refractivity contribution >= 4 is 16.9 Å². The first-order chi connectivity index (χ1) is 11.2. The van der Waals surface area contributed by atoms with Gasteiger partial charge in [-0.1, -0.05) is 19.1 Å². The van der Waals surface area contributed by atoms with Gasteiger partial charge in [0.1, 0.15) is 11.6 Å². The van der Waals surface area contributed by atoms with Crippen LogP contribution in [0, 0.1) is 0 Å². The Morgan fingerprint density at radius 3 is 2.61 bits per heavy atom. The van der Waals surface area contributed by atoms with Crippen LogP contribution in [-0.4, -0.2) is 23.0 Å². The van der Waals surface area contributed by atoms with Gasteiger partial charge in [0, 0.05) is 5.56 Å². The molecule has 1 atom stereocenters. The minimum absolute atomic E-state index is 0.125. The molecule has 1 unspecified atom stereocenters. The molecule has 2 aromatic carbocycles. The molecule has 0 bridgehead atoms. The van der Waals surface area contributed by atoms with Gasteiger partial charge in [0.2, 0.25) is 0 Å². The number of methoxy groups -OCH3 is 1. The number of nitrogens with one attached hydrogen (secondary N) is 2. The number of carbonyl (C=O) groups excluding carboxylic acids is 1. The number of aromatic amines is 1. The number of imidazole rings is 1. The van der Waals surface area contributed by atoms with Gasteiger partial charge < -0.3 is 15.0 Å². The lowest BCUT2D eigenvalue weighted by atomic mass is 10.1. The molecule has 3 rings (SSSR count). The maximum Gasteiger partial charge on any atom is 0.251 e. The predicted molar refractivity (Wildman–Crippen MR) is 89.6 cm³/mol. The minimum atomic E-state index is -0.156. The van der Waals surface area contributed by atoms with Crippen molar-refractivity contribution in [3.63, 3.8) is 0 Å². The van der Waals surface area contributed by atoms with Crippen molar-refractivity contribution in [3.8, 4) is 5.75 Å². The van der Waals surface area contributed by atoms with E-state index in [1.54, 1.807) is 31.4 Å². The van der Waals surface area contributed by atoms with E-state index in [2.05, 4.69) is 15.3 Å². The Balaban J connectivity index is 1.79. The topological polar surface area (TPSA) is 67.0 Å². The summed E-state index contributed by atoms with van der Waals surface area (Å²) in [5.74, 6) is 1.38. The van der Waals surface area contributed by atoms with E-state index in [9.17, 15) is 4.79 Å². The number of para-hydroxylation sites is 2. The van der Waals surface area contributed by atoms with Crippen molar-refractivity contribution in [2.24, 2.45) is 0 Å². The SMILES string of the molecule is CCC(NC(=O)c1ccc(OC)cc1)c1nc2ccccc2[nH]1. The molecule has 5 nitrogen and oxygen atoms in total. The normalized spacial score (nSPS) is 12.1. The summed E-state index contributed by atoms with van der Waals surface area (Å²) in [7, 11) is 1.60. The van der Waals surface area contributed by atoms with Gasteiger partial charge in [0.15, 0.2) is 0 Å². The Morgan fingerprint density at radius 1 is 1.22 bits per heavy atom. The van der Waals surface area contributed by atoms with E-state index in [1.165, 1.54) is 0 Å². The standard InChI is InChI=1S/C18H19N3O2/c1-3-14(17-19-15-6-4-5-7-16(15)20-17)21-18(22)12-8-10-13(23-2)11-9-12/h4-11,14H,3H2,1-2H3,(H,19,20)(H,21,22). The van der Waals surface area contributed by atoms with Gasteiger partial charge in [0.05, 0.1) is 24.2 Å². The summed E-state index contributed by atoms with van der Waals surface area (Å²) in [5, 5.41) is 3.02. The summed E-state index contributed by atoms with van der Waals surface area (Å²) in [6, 6.07) is 14.7. The van der Waals surface area contributed by atoms with Gasteiger partial charge in [0.25, 0.3) is 5.91 Å². The number of aromatic nitrogens is 2. The lowest BCUT2D eigenvalue weighted by Crippen LogP contribution is -2.28. The molecule has 0 aliphatic carbocycles. The number of fused-ring (bicyclic) bond motifs is 1. The van der Waals surface area contributed by atoms with E-state index in [0.717, 1.165) is 29.0 Å². The molecule has 5 heteroatoms. The second kappa shape index (κ2) is 6.52. The van der Waals surface area contributed by atoms with Crippen molar-refractivity contribution in [2.75, 3.05) is 7.11 Å². The van der Waals surface area contributed by atoms with E-state index in [0.29, 0.717) is 5.56 Å². The van der Waals surface area contributed by atoms with E-state index in [4.69, 9.17) is 4.74 Å². The number of hydrogen-bond donors (Lipinski definition) is 2. The second-order valence-corrected chi connectivity index (χ2v) is 5.30. The fraction of sp³-hybridized carbons (Fsp3) is 0.222. The van der Waals surface area contributed by atoms with E-state index >= 15 is 0 Å². The molecule has 1 heterocycles. The number of H-pyrrole nitrogens is 1. The molecule has 0 aliphatic heterocycles. The van der Waals surface area contributed by atoms with Crippen LogP contribution in [0.1, 0.15) is 35.6 Å². The van der Waals surface area contributed by atoms with Crippen molar-refractivity contribution in [1.82, 2.24) is 15.3 Å². The Labute approximate surface area is 134 Å². The van der Waals surface area contributed by atoms with Crippen LogP contribution in [0.15, 0.2) is 48.5 Å². The summed E-state index contributed by atoms with van der Waals surface area (Å²) in [5.41, 5.74) is 2.47. The highest BCUT2D eigenvalue weighted by atomic mass is 16.5. The van der Waals surface area contributed by atoms with E-state index in [-0.39, 0.29) is 11.9 Å². The Morgan fingerprint density at radius 2 is 1.96 bits per heavy atom. The monoisotopic (exact) mass is 309 g/mol. The largest absolute Gasteiger partial charge is 0.497 e. The van der Waals surface area contributed by atoms with Crippen molar-refractivity contribution in [1.29, 1.82) is 0 Å². The molecule has 1 aromatic heterocycles. The minimum Gasteiger partial charge on any atom is -0.497 e. The number of ether oxygens (including phenoxy) is 1. The number of carbonyl (C=O) groups is 1. The molecule has 0 saturated carbocycles. The van der Waals surface area contributed by atoms with Crippen LogP contribution in [0.25, 0.3) is 11.0 Å². The summed E-state index contributed by atoms with van der Waals surface area (Å²) in [4.78, 5) is 20.3. The summed E-state index contributed by atoms with van der Waals surface area (Å²) in [6.07, 6.45) is 0.752. The highest BCUT2D eigenvalue weighted by Crippen LogP contribution is 2.19. The first-order valence-corrected chi connectivity index (χ1v) is 7.61. The second-order valence-electron chi connectivity index (χ2n) is 5.30. The zero-order chi connectivity index (χ0) is 16.2. The highest BCUT2D eigenvalue weighted by molar-refractivity contribution is 5.94. The number of benzene rings is 2. The maximum absolute atomic E-state index is 12.4. The lowest BCUT2D eigenvalue weighted by molar-refractivity contribution is 0.0934. The van der Waals surface area contributed by atoms with E-state index < -0.39 is 0 Å².